The first-order chi connectivity index (χ1) is 7.15. The SMILES string of the molecule is NC(=O)Oc1ccc2c(c1)NC(=O)CO2. The Hall–Kier alpha value is -2.24. The summed E-state index contributed by atoms with van der Waals surface area (Å²) in [5, 5.41) is 2.58. The van der Waals surface area contributed by atoms with Crippen molar-refractivity contribution in [2.75, 3.05) is 11.9 Å². The van der Waals surface area contributed by atoms with Gasteiger partial charge >= 0.3 is 6.09 Å². The van der Waals surface area contributed by atoms with Crippen molar-refractivity contribution in [2.45, 2.75) is 0 Å². The van der Waals surface area contributed by atoms with E-state index < -0.39 is 6.09 Å². The van der Waals surface area contributed by atoms with Crippen molar-refractivity contribution >= 4 is 17.7 Å². The van der Waals surface area contributed by atoms with Crippen LogP contribution in [0.5, 0.6) is 11.5 Å². The van der Waals surface area contributed by atoms with Gasteiger partial charge in [-0.3, -0.25) is 4.79 Å². The first kappa shape index (κ1) is 9.32. The van der Waals surface area contributed by atoms with Crippen molar-refractivity contribution in [3.8, 4) is 11.5 Å². The highest BCUT2D eigenvalue weighted by Gasteiger charge is 2.16. The number of rotatable bonds is 1. The fourth-order valence-corrected chi connectivity index (χ4v) is 1.24. The lowest BCUT2D eigenvalue weighted by atomic mass is 10.2. The van der Waals surface area contributed by atoms with Gasteiger partial charge in [-0.15, -0.1) is 0 Å². The fourth-order valence-electron chi connectivity index (χ4n) is 1.24. The van der Waals surface area contributed by atoms with Crippen LogP contribution >= 0.6 is 0 Å². The molecule has 0 saturated heterocycles. The molecule has 0 saturated carbocycles. The van der Waals surface area contributed by atoms with Gasteiger partial charge in [0.1, 0.15) is 11.5 Å². The van der Waals surface area contributed by atoms with E-state index in [-0.39, 0.29) is 18.3 Å². The summed E-state index contributed by atoms with van der Waals surface area (Å²) in [7, 11) is 0. The van der Waals surface area contributed by atoms with Crippen molar-refractivity contribution < 1.29 is 19.1 Å². The number of primary amides is 1. The summed E-state index contributed by atoms with van der Waals surface area (Å²) in [6, 6.07) is 4.59. The van der Waals surface area contributed by atoms with Gasteiger partial charge in [-0.05, 0) is 12.1 Å². The summed E-state index contributed by atoms with van der Waals surface area (Å²) < 4.78 is 9.76. The van der Waals surface area contributed by atoms with Crippen LogP contribution in [0.3, 0.4) is 0 Å². The lowest BCUT2D eigenvalue weighted by Gasteiger charge is -2.17. The van der Waals surface area contributed by atoms with Crippen LogP contribution in [0.1, 0.15) is 0 Å². The van der Waals surface area contributed by atoms with Gasteiger partial charge in [-0.25, -0.2) is 4.79 Å². The predicted molar refractivity (Wildman–Crippen MR) is 50.8 cm³/mol. The normalized spacial score (nSPS) is 13.5. The van der Waals surface area contributed by atoms with Crippen molar-refractivity contribution in [3.63, 3.8) is 0 Å². The molecule has 0 unspecified atom stereocenters. The fraction of sp³-hybridized carbons (Fsp3) is 0.111. The maximum absolute atomic E-state index is 11.0. The molecule has 0 atom stereocenters. The predicted octanol–water partition coefficient (Wildman–Crippen LogP) is 0.475. The Balaban J connectivity index is 2.28. The maximum atomic E-state index is 11.0. The molecule has 1 aromatic rings. The Labute approximate surface area is 85.0 Å². The van der Waals surface area contributed by atoms with E-state index >= 15 is 0 Å². The van der Waals surface area contributed by atoms with E-state index in [9.17, 15) is 9.59 Å². The standard InChI is InChI=1S/C9H8N2O4/c10-9(13)15-5-1-2-7-6(3-5)11-8(12)4-14-7/h1-3H,4H2,(H2,10,13)(H,11,12). The summed E-state index contributed by atoms with van der Waals surface area (Å²) in [6.45, 7) is -0.0109. The number of benzene rings is 1. The molecule has 2 rings (SSSR count). The van der Waals surface area contributed by atoms with Gasteiger partial charge in [0.2, 0.25) is 0 Å². The Morgan fingerprint density at radius 2 is 2.33 bits per heavy atom. The highest BCUT2D eigenvalue weighted by Crippen LogP contribution is 2.31. The number of hydrogen-bond donors (Lipinski definition) is 2. The van der Waals surface area contributed by atoms with Crippen LogP contribution in [0.15, 0.2) is 18.2 Å². The van der Waals surface area contributed by atoms with Crippen molar-refractivity contribution in [2.24, 2.45) is 5.73 Å². The lowest BCUT2D eigenvalue weighted by Crippen LogP contribution is -2.25. The van der Waals surface area contributed by atoms with Crippen LogP contribution < -0.4 is 20.5 Å². The molecule has 1 aliphatic heterocycles. The van der Waals surface area contributed by atoms with Gasteiger partial charge in [0.05, 0.1) is 5.69 Å². The van der Waals surface area contributed by atoms with Crippen LogP contribution in [-0.4, -0.2) is 18.6 Å². The average Bonchev–Trinajstić information content (AvgIpc) is 2.16. The van der Waals surface area contributed by atoms with Gasteiger partial charge < -0.3 is 20.5 Å². The molecule has 6 nitrogen and oxygen atoms in total. The second-order valence-electron chi connectivity index (χ2n) is 2.92. The van der Waals surface area contributed by atoms with E-state index in [4.69, 9.17) is 10.5 Å². The summed E-state index contributed by atoms with van der Waals surface area (Å²) >= 11 is 0. The second-order valence-corrected chi connectivity index (χ2v) is 2.92. The summed E-state index contributed by atoms with van der Waals surface area (Å²) in [4.78, 5) is 21.5. The highest BCUT2D eigenvalue weighted by molar-refractivity contribution is 5.95. The monoisotopic (exact) mass is 208 g/mol. The number of ether oxygens (including phenoxy) is 2. The molecule has 15 heavy (non-hydrogen) atoms. The zero-order valence-corrected chi connectivity index (χ0v) is 7.65. The molecule has 3 N–H and O–H groups in total. The minimum absolute atomic E-state index is 0.0109. The minimum Gasteiger partial charge on any atom is -0.482 e. The van der Waals surface area contributed by atoms with Crippen molar-refractivity contribution in [1.29, 1.82) is 0 Å². The van der Waals surface area contributed by atoms with Crippen LogP contribution in [0.4, 0.5) is 10.5 Å². The number of anilines is 1. The molecule has 0 aromatic heterocycles. The third-order valence-corrected chi connectivity index (χ3v) is 1.80. The first-order valence-corrected chi connectivity index (χ1v) is 4.19. The quantitative estimate of drug-likeness (QED) is 0.702. The Morgan fingerprint density at radius 3 is 3.07 bits per heavy atom. The zero-order valence-electron chi connectivity index (χ0n) is 7.65. The van der Waals surface area contributed by atoms with Gasteiger partial charge in [0.15, 0.2) is 6.61 Å². The Kier molecular flexibility index (Phi) is 2.17. The van der Waals surface area contributed by atoms with Crippen LogP contribution in [0.25, 0.3) is 0 Å². The molecule has 1 aliphatic rings. The topological polar surface area (TPSA) is 90.7 Å². The van der Waals surface area contributed by atoms with Crippen LogP contribution in [-0.2, 0) is 4.79 Å². The van der Waals surface area contributed by atoms with Crippen molar-refractivity contribution in [1.82, 2.24) is 0 Å². The number of nitrogens with one attached hydrogen (secondary N) is 1. The number of nitrogens with two attached hydrogens (primary N) is 1. The molecular weight excluding hydrogens is 200 g/mol. The highest BCUT2D eigenvalue weighted by atomic mass is 16.5. The molecule has 0 fully saturated rings. The van der Waals surface area contributed by atoms with E-state index in [0.717, 1.165) is 0 Å². The third kappa shape index (κ3) is 1.98. The smallest absolute Gasteiger partial charge is 0.409 e. The summed E-state index contributed by atoms with van der Waals surface area (Å²) in [6.07, 6.45) is -0.905. The van der Waals surface area contributed by atoms with Gasteiger partial charge in [-0.1, -0.05) is 0 Å². The molecule has 2 amide bonds. The Bertz CT molecular complexity index is 430. The minimum atomic E-state index is -0.905. The first-order valence-electron chi connectivity index (χ1n) is 4.19. The van der Waals surface area contributed by atoms with Gasteiger partial charge in [0.25, 0.3) is 5.91 Å². The van der Waals surface area contributed by atoms with Gasteiger partial charge in [0, 0.05) is 6.07 Å². The number of amides is 2. The molecule has 0 aliphatic carbocycles. The molecule has 1 heterocycles. The molecular formula is C9H8N2O4. The van der Waals surface area contributed by atoms with E-state index in [1.807, 2.05) is 0 Å². The Morgan fingerprint density at radius 1 is 1.53 bits per heavy atom. The molecule has 6 heteroatoms. The van der Waals surface area contributed by atoms with Crippen molar-refractivity contribution in [3.05, 3.63) is 18.2 Å². The second kappa shape index (κ2) is 3.49. The largest absolute Gasteiger partial charge is 0.482 e. The van der Waals surface area contributed by atoms with E-state index in [0.29, 0.717) is 11.4 Å². The van der Waals surface area contributed by atoms with E-state index in [1.54, 1.807) is 6.07 Å². The number of carbonyl (C=O) groups is 2. The maximum Gasteiger partial charge on any atom is 0.409 e. The lowest BCUT2D eigenvalue weighted by molar-refractivity contribution is -0.118. The van der Waals surface area contributed by atoms with Crippen LogP contribution in [0, 0.1) is 0 Å². The van der Waals surface area contributed by atoms with E-state index in [2.05, 4.69) is 10.1 Å². The van der Waals surface area contributed by atoms with Crippen LogP contribution in [0.2, 0.25) is 0 Å². The molecule has 0 spiro atoms. The third-order valence-electron chi connectivity index (χ3n) is 1.80. The molecule has 0 bridgehead atoms. The molecule has 1 aromatic carbocycles. The number of hydrogen-bond acceptors (Lipinski definition) is 4. The van der Waals surface area contributed by atoms with E-state index in [1.165, 1.54) is 12.1 Å². The number of fused-ring (bicyclic) bond motifs is 1. The van der Waals surface area contributed by atoms with Gasteiger partial charge in [-0.2, -0.15) is 0 Å². The zero-order chi connectivity index (χ0) is 10.8. The molecule has 0 radical (unpaired) electrons. The average molecular weight is 208 g/mol. The summed E-state index contributed by atoms with van der Waals surface area (Å²) in [5.74, 6) is 0.539. The molecule has 78 valence electrons. The summed E-state index contributed by atoms with van der Waals surface area (Å²) in [5.41, 5.74) is 5.31. The number of carbonyl (C=O) groups excluding carboxylic acids is 2.